The molecule has 0 bridgehead atoms. The smallest absolute Gasteiger partial charge is 0.00693 e. The van der Waals surface area contributed by atoms with E-state index >= 15 is 0 Å². The predicted molar refractivity (Wildman–Crippen MR) is 40.5 cm³/mol. The molecule has 1 unspecified atom stereocenters. The molecule has 0 radical (unpaired) electrons. The molecule has 54 valence electrons. The van der Waals surface area contributed by atoms with Crippen molar-refractivity contribution in [3.8, 4) is 0 Å². The van der Waals surface area contributed by atoms with Crippen LogP contribution in [-0.4, -0.2) is 13.1 Å². The normalized spacial score (nSPS) is 33.0. The monoisotopic (exact) mass is 127 g/mol. The largest absolute Gasteiger partial charge is 0.317 e. The highest BCUT2D eigenvalue weighted by Crippen LogP contribution is 2.36. The molecule has 0 amide bonds. The highest BCUT2D eigenvalue weighted by Gasteiger charge is 2.29. The van der Waals surface area contributed by atoms with Crippen molar-refractivity contribution in [2.24, 2.45) is 5.41 Å². The van der Waals surface area contributed by atoms with Crippen molar-refractivity contribution < 1.29 is 0 Å². The maximum atomic E-state index is 3.32. The van der Waals surface area contributed by atoms with Crippen molar-refractivity contribution in [3.63, 3.8) is 0 Å². The van der Waals surface area contributed by atoms with Crippen LogP contribution in [0.25, 0.3) is 0 Å². The van der Waals surface area contributed by atoms with E-state index in [4.69, 9.17) is 0 Å². The molecule has 0 aromatic rings. The van der Waals surface area contributed by atoms with E-state index in [1.807, 2.05) is 0 Å². The lowest BCUT2D eigenvalue weighted by Gasteiger charge is -2.16. The van der Waals surface area contributed by atoms with Gasteiger partial charge in [-0.1, -0.05) is 13.8 Å². The van der Waals surface area contributed by atoms with Gasteiger partial charge in [0.2, 0.25) is 0 Å². The second-order valence-corrected chi connectivity index (χ2v) is 3.89. The summed E-state index contributed by atoms with van der Waals surface area (Å²) in [7, 11) is 2.06. The minimum absolute atomic E-state index is 0.605. The Bertz CT molecular complexity index is 96.7. The van der Waals surface area contributed by atoms with E-state index in [9.17, 15) is 0 Å². The molecule has 1 heteroatoms. The highest BCUT2D eigenvalue weighted by atomic mass is 14.9. The van der Waals surface area contributed by atoms with Crippen molar-refractivity contribution in [3.05, 3.63) is 0 Å². The van der Waals surface area contributed by atoms with Crippen molar-refractivity contribution in [1.82, 2.24) is 5.32 Å². The minimum Gasteiger partial charge on any atom is -0.317 e. The van der Waals surface area contributed by atoms with Crippen LogP contribution in [0.1, 0.15) is 33.1 Å². The molecule has 1 N–H and O–H groups in total. The number of hydrogen-bond donors (Lipinski definition) is 1. The molecule has 9 heavy (non-hydrogen) atoms. The molecule has 1 saturated carbocycles. The Morgan fingerprint density at radius 2 is 2.11 bits per heavy atom. The van der Waals surface area contributed by atoms with E-state index in [-0.39, 0.29) is 0 Å². The Balaban J connectivity index is 2.38. The van der Waals surface area contributed by atoms with Gasteiger partial charge in [0.15, 0.2) is 0 Å². The number of nitrogens with one attached hydrogen (secondary N) is 1. The molecule has 1 atom stereocenters. The fraction of sp³-hybridized carbons (Fsp3) is 1.00. The molecule has 1 fully saturated rings. The average molecular weight is 127 g/mol. The first-order valence-corrected chi connectivity index (χ1v) is 3.81. The molecule has 0 saturated heterocycles. The fourth-order valence-electron chi connectivity index (χ4n) is 1.68. The molecular formula is C8H17N. The summed E-state index contributed by atoms with van der Waals surface area (Å²) in [6.45, 7) is 4.70. The third-order valence-electron chi connectivity index (χ3n) is 2.38. The molecule has 0 aromatic carbocycles. The molecule has 0 heterocycles. The topological polar surface area (TPSA) is 12.0 Å². The Kier molecular flexibility index (Phi) is 1.80. The molecule has 1 aliphatic rings. The van der Waals surface area contributed by atoms with Crippen LogP contribution in [0.5, 0.6) is 0 Å². The van der Waals surface area contributed by atoms with Gasteiger partial charge in [0.25, 0.3) is 0 Å². The fourth-order valence-corrected chi connectivity index (χ4v) is 1.68. The van der Waals surface area contributed by atoms with Gasteiger partial charge in [0.1, 0.15) is 0 Å². The summed E-state index contributed by atoms with van der Waals surface area (Å²) in [6.07, 6.45) is 4.10. The highest BCUT2D eigenvalue weighted by molar-refractivity contribution is 4.85. The van der Waals surface area contributed by atoms with Gasteiger partial charge in [-0.2, -0.15) is 0 Å². The Morgan fingerprint density at radius 3 is 2.33 bits per heavy atom. The first kappa shape index (κ1) is 7.07. The quantitative estimate of drug-likeness (QED) is 0.566. The third-order valence-corrected chi connectivity index (χ3v) is 2.38. The van der Waals surface area contributed by atoms with Crippen molar-refractivity contribution in [1.29, 1.82) is 0 Å². The Labute approximate surface area is 57.8 Å². The maximum Gasteiger partial charge on any atom is 0.00693 e. The van der Waals surface area contributed by atoms with Gasteiger partial charge >= 0.3 is 0 Å². The zero-order valence-corrected chi connectivity index (χ0v) is 6.70. The lowest BCUT2D eigenvalue weighted by atomic mass is 9.92. The average Bonchev–Trinajstić information content (AvgIpc) is 2.10. The van der Waals surface area contributed by atoms with Gasteiger partial charge in [0.05, 0.1) is 0 Å². The third kappa shape index (κ3) is 1.68. The zero-order valence-electron chi connectivity index (χ0n) is 6.70. The number of hydrogen-bond acceptors (Lipinski definition) is 1. The van der Waals surface area contributed by atoms with Gasteiger partial charge < -0.3 is 5.32 Å². The number of rotatable bonds is 1. The van der Waals surface area contributed by atoms with Gasteiger partial charge in [-0.25, -0.2) is 0 Å². The van der Waals surface area contributed by atoms with Crippen LogP contribution in [0.2, 0.25) is 0 Å². The van der Waals surface area contributed by atoms with E-state index in [1.54, 1.807) is 0 Å². The second kappa shape index (κ2) is 2.30. The second-order valence-electron chi connectivity index (χ2n) is 3.89. The van der Waals surface area contributed by atoms with Crippen LogP contribution in [0.3, 0.4) is 0 Å². The molecule has 1 nitrogen and oxygen atoms in total. The summed E-state index contributed by atoms with van der Waals surface area (Å²) < 4.78 is 0. The first-order chi connectivity index (χ1) is 4.14. The summed E-state index contributed by atoms with van der Waals surface area (Å²) in [5.41, 5.74) is 0.605. The zero-order chi connectivity index (χ0) is 6.91. The SMILES string of the molecule is CNC1CCC(C)(C)C1. The molecule has 0 aliphatic heterocycles. The standard InChI is InChI=1S/C8H17N/c1-8(2)5-4-7(6-8)9-3/h7,9H,4-6H2,1-3H3. The Morgan fingerprint density at radius 1 is 1.44 bits per heavy atom. The summed E-state index contributed by atoms with van der Waals surface area (Å²) in [5.74, 6) is 0. The van der Waals surface area contributed by atoms with Crippen LogP contribution in [0.15, 0.2) is 0 Å². The summed E-state index contributed by atoms with van der Waals surface area (Å²) >= 11 is 0. The van der Waals surface area contributed by atoms with E-state index in [1.165, 1.54) is 19.3 Å². The van der Waals surface area contributed by atoms with Crippen molar-refractivity contribution in [2.75, 3.05) is 7.05 Å². The lowest BCUT2D eigenvalue weighted by Crippen LogP contribution is -2.22. The van der Waals surface area contributed by atoms with E-state index in [2.05, 4.69) is 26.2 Å². The Hall–Kier alpha value is -0.0400. The molecule has 0 aromatic heterocycles. The van der Waals surface area contributed by atoms with Crippen molar-refractivity contribution in [2.45, 2.75) is 39.2 Å². The summed E-state index contributed by atoms with van der Waals surface area (Å²) in [4.78, 5) is 0. The summed E-state index contributed by atoms with van der Waals surface area (Å²) in [6, 6.07) is 0.792. The van der Waals surface area contributed by atoms with E-state index in [0.717, 1.165) is 6.04 Å². The van der Waals surface area contributed by atoms with E-state index in [0.29, 0.717) is 5.41 Å². The van der Waals surface area contributed by atoms with Crippen LogP contribution >= 0.6 is 0 Å². The van der Waals surface area contributed by atoms with Gasteiger partial charge in [-0.05, 0) is 31.7 Å². The molecule has 0 spiro atoms. The molecule has 1 aliphatic carbocycles. The molecule has 1 rings (SSSR count). The van der Waals surface area contributed by atoms with Crippen LogP contribution in [-0.2, 0) is 0 Å². The van der Waals surface area contributed by atoms with Crippen LogP contribution in [0.4, 0.5) is 0 Å². The molecular weight excluding hydrogens is 110 g/mol. The van der Waals surface area contributed by atoms with Gasteiger partial charge in [-0.15, -0.1) is 0 Å². The van der Waals surface area contributed by atoms with Crippen molar-refractivity contribution >= 4 is 0 Å². The van der Waals surface area contributed by atoms with Crippen LogP contribution < -0.4 is 5.32 Å². The van der Waals surface area contributed by atoms with Gasteiger partial charge in [0, 0.05) is 6.04 Å². The summed E-state index contributed by atoms with van der Waals surface area (Å²) in [5, 5.41) is 3.32. The van der Waals surface area contributed by atoms with Crippen LogP contribution in [0, 0.1) is 5.41 Å². The van der Waals surface area contributed by atoms with Gasteiger partial charge in [-0.3, -0.25) is 0 Å². The maximum absolute atomic E-state index is 3.32. The first-order valence-electron chi connectivity index (χ1n) is 3.81. The van der Waals surface area contributed by atoms with E-state index < -0.39 is 0 Å². The minimum atomic E-state index is 0.605. The predicted octanol–water partition coefficient (Wildman–Crippen LogP) is 1.78. The lowest BCUT2D eigenvalue weighted by molar-refractivity contribution is 0.369.